The van der Waals surface area contributed by atoms with Crippen LogP contribution in [0.15, 0.2) is 69.1 Å². The van der Waals surface area contributed by atoms with Crippen molar-refractivity contribution in [2.75, 3.05) is 5.32 Å². The smallest absolute Gasteiger partial charge is 0.266 e. The van der Waals surface area contributed by atoms with E-state index in [9.17, 15) is 10.1 Å². The molecule has 1 heterocycles. The predicted molar refractivity (Wildman–Crippen MR) is 110 cm³/mol. The fourth-order valence-electron chi connectivity index (χ4n) is 2.41. The van der Waals surface area contributed by atoms with E-state index in [1.807, 2.05) is 37.3 Å². The molecule has 1 amide bonds. The van der Waals surface area contributed by atoms with Crippen LogP contribution in [0.25, 0.3) is 17.4 Å². The molecule has 0 aliphatic heterocycles. The molecular weight excluding hydrogens is 428 g/mol. The number of aryl methyl sites for hydroxylation is 1. The van der Waals surface area contributed by atoms with Crippen LogP contribution >= 0.6 is 27.5 Å². The molecule has 3 rings (SSSR count). The molecule has 6 heteroatoms. The summed E-state index contributed by atoms with van der Waals surface area (Å²) >= 11 is 9.35. The summed E-state index contributed by atoms with van der Waals surface area (Å²) in [6, 6.07) is 18.2. The van der Waals surface area contributed by atoms with Crippen LogP contribution in [0, 0.1) is 18.3 Å². The van der Waals surface area contributed by atoms with Crippen molar-refractivity contribution in [3.63, 3.8) is 0 Å². The molecule has 2 aromatic carbocycles. The molecule has 0 aliphatic rings. The Labute approximate surface area is 170 Å². The summed E-state index contributed by atoms with van der Waals surface area (Å²) in [7, 11) is 0. The van der Waals surface area contributed by atoms with Crippen molar-refractivity contribution in [2.24, 2.45) is 0 Å². The number of nitrogens with one attached hydrogen (secondary N) is 1. The maximum Gasteiger partial charge on any atom is 0.266 e. The Morgan fingerprint density at radius 1 is 1.19 bits per heavy atom. The lowest BCUT2D eigenvalue weighted by molar-refractivity contribution is -0.112. The van der Waals surface area contributed by atoms with Gasteiger partial charge in [0.05, 0.1) is 0 Å². The van der Waals surface area contributed by atoms with E-state index in [4.69, 9.17) is 16.0 Å². The fraction of sp³-hybridized carbons (Fsp3) is 0.0476. The maximum absolute atomic E-state index is 12.4. The molecule has 0 saturated carbocycles. The van der Waals surface area contributed by atoms with E-state index in [0.717, 1.165) is 15.6 Å². The van der Waals surface area contributed by atoms with E-state index >= 15 is 0 Å². The lowest BCUT2D eigenvalue weighted by Crippen LogP contribution is -2.14. The van der Waals surface area contributed by atoms with Gasteiger partial charge in [0, 0.05) is 26.8 Å². The molecule has 4 nitrogen and oxygen atoms in total. The number of carbonyl (C=O) groups excluding carboxylic acids is 1. The standard InChI is InChI=1S/C21H14BrClN2O2/c1-13-2-7-17(23)11-19(13)25-21(26)15(12-24)10-18-8-9-20(27-18)14-3-5-16(22)6-4-14/h2-11H,1H3,(H,25,26)/b15-10+. The summed E-state index contributed by atoms with van der Waals surface area (Å²) < 4.78 is 6.71. The minimum atomic E-state index is -0.524. The molecule has 134 valence electrons. The highest BCUT2D eigenvalue weighted by atomic mass is 79.9. The van der Waals surface area contributed by atoms with E-state index in [0.29, 0.717) is 22.2 Å². The molecule has 0 atom stereocenters. The van der Waals surface area contributed by atoms with Gasteiger partial charge in [-0.25, -0.2) is 0 Å². The molecule has 0 spiro atoms. The van der Waals surface area contributed by atoms with Gasteiger partial charge in [-0.15, -0.1) is 0 Å². The minimum Gasteiger partial charge on any atom is -0.457 e. The average Bonchev–Trinajstić information content (AvgIpc) is 3.12. The van der Waals surface area contributed by atoms with Gasteiger partial charge in [-0.2, -0.15) is 5.26 Å². The SMILES string of the molecule is Cc1ccc(Cl)cc1NC(=O)/C(C#N)=C/c1ccc(-c2ccc(Br)cc2)o1. The molecule has 27 heavy (non-hydrogen) atoms. The third kappa shape index (κ3) is 4.68. The maximum atomic E-state index is 12.4. The quantitative estimate of drug-likeness (QED) is 0.386. The van der Waals surface area contributed by atoms with E-state index in [1.54, 1.807) is 30.3 Å². The summed E-state index contributed by atoms with van der Waals surface area (Å²) in [6.07, 6.45) is 1.41. The zero-order valence-electron chi connectivity index (χ0n) is 14.3. The van der Waals surface area contributed by atoms with Gasteiger partial charge in [-0.05, 0) is 48.9 Å². The van der Waals surface area contributed by atoms with Crippen LogP contribution in [0.2, 0.25) is 5.02 Å². The summed E-state index contributed by atoms with van der Waals surface area (Å²) in [4.78, 5) is 12.4. The third-order valence-electron chi connectivity index (χ3n) is 3.86. The minimum absolute atomic E-state index is 0.0638. The molecule has 1 aromatic heterocycles. The summed E-state index contributed by atoms with van der Waals surface area (Å²) in [5, 5.41) is 12.6. The lowest BCUT2D eigenvalue weighted by atomic mass is 10.1. The Bertz CT molecular complexity index is 1060. The van der Waals surface area contributed by atoms with Gasteiger partial charge in [0.15, 0.2) is 0 Å². The van der Waals surface area contributed by atoms with Crippen LogP contribution in [0.4, 0.5) is 5.69 Å². The van der Waals surface area contributed by atoms with Gasteiger partial charge in [0.1, 0.15) is 23.2 Å². The zero-order valence-corrected chi connectivity index (χ0v) is 16.6. The first kappa shape index (κ1) is 19.0. The van der Waals surface area contributed by atoms with E-state index in [-0.39, 0.29) is 5.57 Å². The second kappa shape index (κ2) is 8.26. The van der Waals surface area contributed by atoms with Crippen LogP contribution in [-0.2, 0) is 4.79 Å². The van der Waals surface area contributed by atoms with Crippen LogP contribution in [0.5, 0.6) is 0 Å². The molecule has 0 aliphatic carbocycles. The number of hydrogen-bond acceptors (Lipinski definition) is 3. The van der Waals surface area contributed by atoms with Crippen LogP contribution < -0.4 is 5.32 Å². The van der Waals surface area contributed by atoms with Crippen molar-refractivity contribution < 1.29 is 9.21 Å². The van der Waals surface area contributed by atoms with Crippen LogP contribution in [0.3, 0.4) is 0 Å². The predicted octanol–water partition coefficient (Wildman–Crippen LogP) is 6.22. The van der Waals surface area contributed by atoms with Gasteiger partial charge in [-0.1, -0.05) is 45.7 Å². The number of rotatable bonds is 4. The van der Waals surface area contributed by atoms with Crippen molar-refractivity contribution in [2.45, 2.75) is 6.92 Å². The molecular formula is C21H14BrClN2O2. The Kier molecular flexibility index (Phi) is 5.80. The molecule has 0 radical (unpaired) electrons. The lowest BCUT2D eigenvalue weighted by Gasteiger charge is -2.08. The first-order valence-corrected chi connectivity index (χ1v) is 9.18. The largest absolute Gasteiger partial charge is 0.457 e. The van der Waals surface area contributed by atoms with Crippen molar-refractivity contribution in [3.8, 4) is 17.4 Å². The van der Waals surface area contributed by atoms with Crippen LogP contribution in [0.1, 0.15) is 11.3 Å². The number of furan rings is 1. The number of nitrogens with zero attached hydrogens (tertiary/aromatic N) is 1. The van der Waals surface area contributed by atoms with Gasteiger partial charge < -0.3 is 9.73 Å². The van der Waals surface area contributed by atoms with Crippen molar-refractivity contribution in [3.05, 3.63) is 81.0 Å². The monoisotopic (exact) mass is 440 g/mol. The fourth-order valence-corrected chi connectivity index (χ4v) is 2.85. The van der Waals surface area contributed by atoms with E-state index < -0.39 is 5.91 Å². The molecule has 0 saturated heterocycles. The Balaban J connectivity index is 1.82. The number of amides is 1. The molecule has 0 unspecified atom stereocenters. The zero-order chi connectivity index (χ0) is 19.4. The van der Waals surface area contributed by atoms with Gasteiger partial charge >= 0.3 is 0 Å². The van der Waals surface area contributed by atoms with Crippen molar-refractivity contribution in [1.82, 2.24) is 0 Å². The number of anilines is 1. The first-order valence-electron chi connectivity index (χ1n) is 8.01. The average molecular weight is 442 g/mol. The second-order valence-electron chi connectivity index (χ2n) is 5.79. The summed E-state index contributed by atoms with van der Waals surface area (Å²) in [5.74, 6) is 0.545. The van der Waals surface area contributed by atoms with E-state index in [1.165, 1.54) is 6.08 Å². The van der Waals surface area contributed by atoms with E-state index in [2.05, 4.69) is 21.2 Å². The topological polar surface area (TPSA) is 66.0 Å². The molecule has 3 aromatic rings. The Morgan fingerprint density at radius 2 is 1.93 bits per heavy atom. The highest BCUT2D eigenvalue weighted by Gasteiger charge is 2.13. The molecule has 0 fully saturated rings. The normalized spacial score (nSPS) is 11.1. The Hall–Kier alpha value is -2.81. The summed E-state index contributed by atoms with van der Waals surface area (Å²) in [5.41, 5.74) is 2.24. The third-order valence-corrected chi connectivity index (χ3v) is 4.62. The number of hydrogen-bond donors (Lipinski definition) is 1. The highest BCUT2D eigenvalue weighted by Crippen LogP contribution is 2.25. The highest BCUT2D eigenvalue weighted by molar-refractivity contribution is 9.10. The van der Waals surface area contributed by atoms with Gasteiger partial charge in [-0.3, -0.25) is 4.79 Å². The number of nitriles is 1. The van der Waals surface area contributed by atoms with Crippen LogP contribution in [-0.4, -0.2) is 5.91 Å². The van der Waals surface area contributed by atoms with Crippen molar-refractivity contribution >= 4 is 45.2 Å². The summed E-state index contributed by atoms with van der Waals surface area (Å²) in [6.45, 7) is 1.85. The molecule has 0 bridgehead atoms. The number of benzene rings is 2. The van der Waals surface area contributed by atoms with Crippen molar-refractivity contribution in [1.29, 1.82) is 5.26 Å². The van der Waals surface area contributed by atoms with Gasteiger partial charge in [0.25, 0.3) is 5.91 Å². The second-order valence-corrected chi connectivity index (χ2v) is 7.14. The van der Waals surface area contributed by atoms with Gasteiger partial charge in [0.2, 0.25) is 0 Å². The Morgan fingerprint density at radius 3 is 2.63 bits per heavy atom. The molecule has 1 N–H and O–H groups in total. The number of carbonyl (C=O) groups is 1. The number of halogens is 2. The first-order chi connectivity index (χ1) is 13.0.